The lowest BCUT2D eigenvalue weighted by molar-refractivity contribution is -0.141. The molecule has 2 heterocycles. The Labute approximate surface area is 167 Å². The van der Waals surface area contributed by atoms with Crippen LogP contribution in [0, 0.1) is 0 Å². The second-order valence-electron chi connectivity index (χ2n) is 6.33. The number of likely N-dealkylation sites (tertiary alicyclic amines) is 1. The molecule has 29 heavy (non-hydrogen) atoms. The average molecular weight is 417 g/mol. The van der Waals surface area contributed by atoms with Crippen molar-refractivity contribution >= 4 is 18.0 Å². The van der Waals surface area contributed by atoms with Crippen molar-refractivity contribution in [3.8, 4) is 0 Å². The zero-order chi connectivity index (χ0) is 21.3. The maximum atomic E-state index is 12.7. The lowest BCUT2D eigenvalue weighted by Crippen LogP contribution is -2.49. The number of nitrogens with one attached hydrogen (secondary N) is 3. The number of methoxy groups -OCH3 is 1. The Bertz CT molecular complexity index is 692. The zero-order valence-corrected chi connectivity index (χ0v) is 16.4. The third-order valence-electron chi connectivity index (χ3n) is 4.22. The lowest BCUT2D eigenvalue weighted by Gasteiger charge is -2.32. The molecule has 12 heteroatoms. The Hall–Kier alpha value is -2.79. The SMILES string of the molecule is CCNC(=NCCNc1nccc(C(F)(F)F)n1)NC1CCN(C(=O)OC)CC1. The molecular formula is C17H26F3N7O2. The second kappa shape index (κ2) is 10.7. The van der Waals surface area contributed by atoms with Gasteiger partial charge in [0.15, 0.2) is 5.96 Å². The highest BCUT2D eigenvalue weighted by atomic mass is 19.4. The normalized spacial score (nSPS) is 15.8. The topological polar surface area (TPSA) is 104 Å². The van der Waals surface area contributed by atoms with Crippen LogP contribution in [-0.2, 0) is 10.9 Å². The van der Waals surface area contributed by atoms with Gasteiger partial charge in [0.2, 0.25) is 5.95 Å². The second-order valence-corrected chi connectivity index (χ2v) is 6.33. The summed E-state index contributed by atoms with van der Waals surface area (Å²) in [4.78, 5) is 24.8. The number of ether oxygens (including phenoxy) is 1. The first-order valence-electron chi connectivity index (χ1n) is 9.35. The summed E-state index contributed by atoms with van der Waals surface area (Å²) < 4.78 is 42.7. The van der Waals surface area contributed by atoms with Gasteiger partial charge in [-0.15, -0.1) is 0 Å². The Morgan fingerprint density at radius 1 is 1.38 bits per heavy atom. The van der Waals surface area contributed by atoms with Crippen molar-refractivity contribution in [2.75, 3.05) is 45.2 Å². The van der Waals surface area contributed by atoms with E-state index < -0.39 is 11.9 Å². The van der Waals surface area contributed by atoms with Crippen LogP contribution < -0.4 is 16.0 Å². The fourth-order valence-electron chi connectivity index (χ4n) is 2.79. The molecule has 0 bridgehead atoms. The first kappa shape index (κ1) is 22.5. The number of guanidine groups is 1. The number of carbonyl (C=O) groups is 1. The van der Waals surface area contributed by atoms with E-state index >= 15 is 0 Å². The summed E-state index contributed by atoms with van der Waals surface area (Å²) in [5.41, 5.74) is -0.994. The van der Waals surface area contributed by atoms with Gasteiger partial charge in [-0.3, -0.25) is 4.99 Å². The van der Waals surface area contributed by atoms with Gasteiger partial charge in [-0.2, -0.15) is 13.2 Å². The van der Waals surface area contributed by atoms with E-state index in [1.807, 2.05) is 6.92 Å². The minimum absolute atomic E-state index is 0.0943. The van der Waals surface area contributed by atoms with Gasteiger partial charge in [0.25, 0.3) is 0 Å². The number of anilines is 1. The molecule has 0 aliphatic carbocycles. The molecule has 1 aliphatic rings. The maximum Gasteiger partial charge on any atom is 0.433 e. The Kier molecular flexibility index (Phi) is 8.28. The number of aromatic nitrogens is 2. The molecule has 1 saturated heterocycles. The van der Waals surface area contributed by atoms with E-state index in [1.54, 1.807) is 4.90 Å². The van der Waals surface area contributed by atoms with Crippen molar-refractivity contribution in [3.63, 3.8) is 0 Å². The Balaban J connectivity index is 1.81. The zero-order valence-electron chi connectivity index (χ0n) is 16.4. The minimum atomic E-state index is -4.51. The van der Waals surface area contributed by atoms with Crippen molar-refractivity contribution in [3.05, 3.63) is 18.0 Å². The van der Waals surface area contributed by atoms with Crippen LogP contribution in [0.15, 0.2) is 17.3 Å². The molecule has 3 N–H and O–H groups in total. The van der Waals surface area contributed by atoms with Gasteiger partial charge >= 0.3 is 12.3 Å². The van der Waals surface area contributed by atoms with Gasteiger partial charge in [-0.1, -0.05) is 0 Å². The number of hydrogen-bond donors (Lipinski definition) is 3. The average Bonchev–Trinajstić information content (AvgIpc) is 2.71. The van der Waals surface area contributed by atoms with Gasteiger partial charge < -0.3 is 25.6 Å². The maximum absolute atomic E-state index is 12.7. The molecule has 0 aromatic carbocycles. The predicted octanol–water partition coefficient (Wildman–Crippen LogP) is 1.69. The van der Waals surface area contributed by atoms with Crippen molar-refractivity contribution < 1.29 is 22.7 Å². The van der Waals surface area contributed by atoms with Crippen LogP contribution in [0.25, 0.3) is 0 Å². The number of piperidine rings is 1. The largest absolute Gasteiger partial charge is 0.453 e. The predicted molar refractivity (Wildman–Crippen MR) is 102 cm³/mol. The molecule has 0 radical (unpaired) electrons. The van der Waals surface area contributed by atoms with Crippen LogP contribution in [-0.4, -0.2) is 72.8 Å². The fraction of sp³-hybridized carbons (Fsp3) is 0.647. The summed E-state index contributed by atoms with van der Waals surface area (Å²) in [6, 6.07) is 0.982. The van der Waals surface area contributed by atoms with Crippen LogP contribution in [0.2, 0.25) is 0 Å². The third-order valence-corrected chi connectivity index (χ3v) is 4.22. The summed E-state index contributed by atoms with van der Waals surface area (Å²) >= 11 is 0. The number of halogens is 3. The van der Waals surface area contributed by atoms with Gasteiger partial charge in [0.1, 0.15) is 5.69 Å². The number of amides is 1. The Morgan fingerprint density at radius 2 is 2.10 bits per heavy atom. The molecule has 9 nitrogen and oxygen atoms in total. The molecule has 1 fully saturated rings. The van der Waals surface area contributed by atoms with Crippen molar-refractivity contribution in [2.24, 2.45) is 4.99 Å². The molecule has 162 valence electrons. The monoisotopic (exact) mass is 417 g/mol. The van der Waals surface area contributed by atoms with Crippen molar-refractivity contribution in [2.45, 2.75) is 32.0 Å². The summed E-state index contributed by atoms with van der Waals surface area (Å²) in [5.74, 6) is 0.513. The van der Waals surface area contributed by atoms with E-state index in [9.17, 15) is 18.0 Å². The summed E-state index contributed by atoms with van der Waals surface area (Å²) in [6.45, 7) is 4.38. The quantitative estimate of drug-likeness (QED) is 0.368. The first-order valence-corrected chi connectivity index (χ1v) is 9.35. The molecule has 2 rings (SSSR count). The minimum Gasteiger partial charge on any atom is -0.453 e. The highest BCUT2D eigenvalue weighted by molar-refractivity contribution is 5.80. The number of hydrogen-bond acceptors (Lipinski definition) is 6. The number of aliphatic imine (C=N–C) groups is 1. The number of nitrogens with zero attached hydrogens (tertiary/aromatic N) is 4. The third kappa shape index (κ3) is 7.27. The van der Waals surface area contributed by atoms with E-state index in [2.05, 4.69) is 30.9 Å². The van der Waals surface area contributed by atoms with Crippen LogP contribution in [0.5, 0.6) is 0 Å². The van der Waals surface area contributed by atoms with E-state index in [1.165, 1.54) is 7.11 Å². The van der Waals surface area contributed by atoms with E-state index in [0.29, 0.717) is 32.1 Å². The summed E-state index contributed by atoms with van der Waals surface area (Å²) in [6.07, 6.45) is -2.25. The standard InChI is InChI=1S/C17H26F3N7O2/c1-3-21-14(25-12-5-10-27(11-6-12)16(28)29-2)23-8-9-24-15-22-7-4-13(26-15)17(18,19)20/h4,7,12H,3,5-6,8-11H2,1-2H3,(H2,21,23,25)(H,22,24,26). The van der Waals surface area contributed by atoms with Crippen molar-refractivity contribution in [1.82, 2.24) is 25.5 Å². The van der Waals surface area contributed by atoms with Gasteiger partial charge in [0.05, 0.1) is 13.7 Å². The Morgan fingerprint density at radius 3 is 2.72 bits per heavy atom. The highest BCUT2D eigenvalue weighted by Gasteiger charge is 2.32. The fourth-order valence-corrected chi connectivity index (χ4v) is 2.79. The first-order chi connectivity index (χ1) is 13.8. The molecule has 0 atom stereocenters. The number of rotatable bonds is 6. The van der Waals surface area contributed by atoms with Crippen LogP contribution in [0.4, 0.5) is 23.9 Å². The van der Waals surface area contributed by atoms with Crippen LogP contribution in [0.1, 0.15) is 25.5 Å². The highest BCUT2D eigenvalue weighted by Crippen LogP contribution is 2.27. The van der Waals surface area contributed by atoms with Gasteiger partial charge in [0, 0.05) is 38.4 Å². The number of carbonyl (C=O) groups excluding carboxylic acids is 1. The molecule has 0 spiro atoms. The summed E-state index contributed by atoms with van der Waals surface area (Å²) in [7, 11) is 1.36. The molecule has 0 saturated carbocycles. The van der Waals surface area contributed by atoms with Gasteiger partial charge in [-0.05, 0) is 25.8 Å². The summed E-state index contributed by atoms with van der Waals surface area (Å²) in [5, 5.41) is 9.18. The van der Waals surface area contributed by atoms with E-state index in [-0.39, 0.29) is 24.6 Å². The van der Waals surface area contributed by atoms with Gasteiger partial charge in [-0.25, -0.2) is 14.8 Å². The number of alkyl halides is 3. The lowest BCUT2D eigenvalue weighted by atomic mass is 10.1. The molecule has 1 aromatic rings. The molecule has 1 aromatic heterocycles. The van der Waals surface area contributed by atoms with Crippen molar-refractivity contribution in [1.29, 1.82) is 0 Å². The van der Waals surface area contributed by atoms with Crippen LogP contribution in [0.3, 0.4) is 0 Å². The smallest absolute Gasteiger partial charge is 0.433 e. The van der Waals surface area contributed by atoms with E-state index in [0.717, 1.165) is 25.1 Å². The van der Waals surface area contributed by atoms with Crippen LogP contribution >= 0.6 is 0 Å². The van der Waals surface area contributed by atoms with E-state index in [4.69, 9.17) is 4.74 Å². The molecule has 0 unspecified atom stereocenters. The molecular weight excluding hydrogens is 391 g/mol. The molecule has 1 amide bonds. The molecule has 1 aliphatic heterocycles.